The molecule has 0 radical (unpaired) electrons. The van der Waals surface area contributed by atoms with E-state index in [9.17, 15) is 28.1 Å². The van der Waals surface area contributed by atoms with Gasteiger partial charge in [-0.1, -0.05) is 67.4 Å². The molecule has 41 heavy (non-hydrogen) atoms. The molecule has 0 aliphatic rings. The molecule has 3 rings (SSSR count). The van der Waals surface area contributed by atoms with Crippen molar-refractivity contribution in [1.82, 2.24) is 10.2 Å². The second-order valence-electron chi connectivity index (χ2n) is 9.04. The van der Waals surface area contributed by atoms with Crippen molar-refractivity contribution in [1.29, 1.82) is 0 Å². The molecule has 0 spiro atoms. The van der Waals surface area contributed by atoms with Gasteiger partial charge in [0.2, 0.25) is 11.8 Å². The molecule has 0 saturated heterocycles. The molecule has 0 fully saturated rings. The van der Waals surface area contributed by atoms with Gasteiger partial charge in [0.25, 0.3) is 15.7 Å². The molecule has 3 aromatic carbocycles. The van der Waals surface area contributed by atoms with E-state index < -0.39 is 39.3 Å². The van der Waals surface area contributed by atoms with Gasteiger partial charge in [-0.05, 0) is 43.2 Å². The Morgan fingerprint density at radius 1 is 0.976 bits per heavy atom. The lowest BCUT2D eigenvalue weighted by molar-refractivity contribution is -0.384. The van der Waals surface area contributed by atoms with E-state index in [-0.39, 0.29) is 39.3 Å². The lowest BCUT2D eigenvalue weighted by atomic mass is 10.1. The van der Waals surface area contributed by atoms with Crippen LogP contribution in [0.15, 0.2) is 77.7 Å². The van der Waals surface area contributed by atoms with Crippen LogP contribution in [0.5, 0.6) is 0 Å². The maximum Gasteiger partial charge on any atom is 0.271 e. The van der Waals surface area contributed by atoms with Crippen molar-refractivity contribution in [2.24, 2.45) is 0 Å². The van der Waals surface area contributed by atoms with Crippen LogP contribution < -0.4 is 9.62 Å². The third kappa shape index (κ3) is 7.75. The molecule has 10 nitrogen and oxygen atoms in total. The van der Waals surface area contributed by atoms with Crippen LogP contribution in [0.3, 0.4) is 0 Å². The highest BCUT2D eigenvalue weighted by Gasteiger charge is 2.34. The van der Waals surface area contributed by atoms with Crippen LogP contribution in [0.1, 0.15) is 32.3 Å². The molecular formula is C28H30Cl2N4O6S. The van der Waals surface area contributed by atoms with Crippen molar-refractivity contribution in [3.05, 3.63) is 98.5 Å². The fraction of sp³-hybridized carbons (Fsp3) is 0.286. The predicted octanol–water partition coefficient (Wildman–Crippen LogP) is 5.43. The molecule has 1 N–H and O–H groups in total. The summed E-state index contributed by atoms with van der Waals surface area (Å²) < 4.78 is 28.4. The smallest absolute Gasteiger partial charge is 0.271 e. The van der Waals surface area contributed by atoms with Crippen molar-refractivity contribution in [3.63, 3.8) is 0 Å². The third-order valence-electron chi connectivity index (χ3n) is 6.26. The Balaban J connectivity index is 2.12. The number of hydrogen-bond acceptors (Lipinski definition) is 6. The highest BCUT2D eigenvalue weighted by Crippen LogP contribution is 2.30. The third-order valence-corrected chi connectivity index (χ3v) is 8.76. The highest BCUT2D eigenvalue weighted by atomic mass is 35.5. The van der Waals surface area contributed by atoms with Crippen LogP contribution in [0.4, 0.5) is 11.4 Å². The molecule has 218 valence electrons. The van der Waals surface area contributed by atoms with E-state index in [1.54, 1.807) is 31.2 Å². The molecule has 3 aromatic rings. The maximum absolute atomic E-state index is 14.0. The standard InChI is InChI=1S/C28H30Cl2N4O6S/c1-3-16-31-28(36)26(4-2)32(18-23-24(29)14-9-15-25(23)30)27(35)19-33(20-10-8-11-21(17-20)34(37)38)41(39,40)22-12-6-5-7-13-22/h5-15,17,26H,3-4,16,18-19H2,1-2H3,(H,31,36)/t26-/m1/s1. The van der Waals surface area contributed by atoms with E-state index in [1.165, 1.54) is 47.4 Å². The number of nitrogens with one attached hydrogen (secondary N) is 1. The number of halogens is 2. The second-order valence-corrected chi connectivity index (χ2v) is 11.7. The number of sulfonamides is 1. The van der Waals surface area contributed by atoms with Crippen LogP contribution in [0.25, 0.3) is 0 Å². The zero-order valence-corrected chi connectivity index (χ0v) is 24.8. The first kappa shape index (κ1) is 31.9. The number of benzene rings is 3. The van der Waals surface area contributed by atoms with Gasteiger partial charge in [-0.3, -0.25) is 24.0 Å². The lowest BCUT2D eigenvalue weighted by Crippen LogP contribution is -2.52. The van der Waals surface area contributed by atoms with Crippen LogP contribution >= 0.6 is 23.2 Å². The van der Waals surface area contributed by atoms with Crippen molar-refractivity contribution in [2.45, 2.75) is 44.2 Å². The Hall–Kier alpha value is -3.67. The van der Waals surface area contributed by atoms with E-state index in [1.807, 2.05) is 6.92 Å². The van der Waals surface area contributed by atoms with Gasteiger partial charge in [-0.2, -0.15) is 0 Å². The van der Waals surface area contributed by atoms with Crippen LogP contribution in [-0.2, 0) is 26.2 Å². The van der Waals surface area contributed by atoms with Crippen LogP contribution in [0, 0.1) is 10.1 Å². The topological polar surface area (TPSA) is 130 Å². The number of carbonyl (C=O) groups excluding carboxylic acids is 2. The van der Waals surface area contributed by atoms with Crippen molar-refractivity contribution < 1.29 is 22.9 Å². The number of amides is 2. The Morgan fingerprint density at radius 3 is 2.20 bits per heavy atom. The van der Waals surface area contributed by atoms with E-state index in [4.69, 9.17) is 23.2 Å². The number of carbonyl (C=O) groups is 2. The number of nitrogens with zero attached hydrogens (tertiary/aromatic N) is 3. The summed E-state index contributed by atoms with van der Waals surface area (Å²) in [5.41, 5.74) is -0.0531. The molecule has 0 aliphatic carbocycles. The van der Waals surface area contributed by atoms with Gasteiger partial charge in [0.15, 0.2) is 0 Å². The largest absolute Gasteiger partial charge is 0.354 e. The zero-order chi connectivity index (χ0) is 30.2. The Kier molecular flexibility index (Phi) is 11.1. The monoisotopic (exact) mass is 620 g/mol. The number of rotatable bonds is 13. The van der Waals surface area contributed by atoms with Gasteiger partial charge >= 0.3 is 0 Å². The summed E-state index contributed by atoms with van der Waals surface area (Å²) in [6, 6.07) is 16.3. The summed E-state index contributed by atoms with van der Waals surface area (Å²) in [5, 5.41) is 14.8. The first-order valence-electron chi connectivity index (χ1n) is 12.8. The van der Waals surface area contributed by atoms with Gasteiger partial charge in [0, 0.05) is 40.8 Å². The van der Waals surface area contributed by atoms with E-state index in [0.717, 1.165) is 10.4 Å². The van der Waals surface area contributed by atoms with Crippen molar-refractivity contribution in [3.8, 4) is 0 Å². The minimum Gasteiger partial charge on any atom is -0.354 e. The second kappa shape index (κ2) is 14.3. The molecule has 0 bridgehead atoms. The summed E-state index contributed by atoms with van der Waals surface area (Å²) in [4.78, 5) is 39.1. The SMILES string of the molecule is CCCNC(=O)[C@@H](CC)N(Cc1c(Cl)cccc1Cl)C(=O)CN(c1cccc([N+](=O)[O-])c1)S(=O)(=O)c1ccccc1. The molecule has 1 atom stereocenters. The average molecular weight is 622 g/mol. The van der Waals surface area contributed by atoms with Crippen molar-refractivity contribution in [2.75, 3.05) is 17.4 Å². The summed E-state index contributed by atoms with van der Waals surface area (Å²) in [5.74, 6) is -1.15. The molecule has 2 amide bonds. The normalized spacial score (nSPS) is 11.9. The van der Waals surface area contributed by atoms with E-state index in [2.05, 4.69) is 5.32 Å². The van der Waals surface area contributed by atoms with Gasteiger partial charge in [-0.15, -0.1) is 0 Å². The zero-order valence-electron chi connectivity index (χ0n) is 22.5. The van der Waals surface area contributed by atoms with Gasteiger partial charge < -0.3 is 10.2 Å². The van der Waals surface area contributed by atoms with E-state index >= 15 is 0 Å². The molecule has 0 heterocycles. The summed E-state index contributed by atoms with van der Waals surface area (Å²) >= 11 is 12.8. The summed E-state index contributed by atoms with van der Waals surface area (Å²) in [7, 11) is -4.37. The average Bonchev–Trinajstić information content (AvgIpc) is 2.96. The molecule has 0 aromatic heterocycles. The minimum atomic E-state index is -4.37. The maximum atomic E-state index is 14.0. The van der Waals surface area contributed by atoms with E-state index in [0.29, 0.717) is 18.5 Å². The molecular weight excluding hydrogens is 591 g/mol. The number of nitro benzene ring substituents is 1. The molecule has 0 saturated carbocycles. The predicted molar refractivity (Wildman–Crippen MR) is 158 cm³/mol. The highest BCUT2D eigenvalue weighted by molar-refractivity contribution is 7.92. The van der Waals surface area contributed by atoms with Crippen LogP contribution in [0.2, 0.25) is 10.0 Å². The number of nitro groups is 1. The Bertz CT molecular complexity index is 1480. The fourth-order valence-corrected chi connectivity index (χ4v) is 6.09. The first-order valence-corrected chi connectivity index (χ1v) is 15.0. The summed E-state index contributed by atoms with van der Waals surface area (Å²) in [6.45, 7) is 3.07. The van der Waals surface area contributed by atoms with Crippen LogP contribution in [-0.4, -0.2) is 49.2 Å². The Labute approximate surface area is 249 Å². The van der Waals surface area contributed by atoms with Gasteiger partial charge in [-0.25, -0.2) is 8.42 Å². The fourth-order valence-electron chi connectivity index (χ4n) is 4.15. The van der Waals surface area contributed by atoms with Gasteiger partial charge in [0.05, 0.1) is 15.5 Å². The summed E-state index contributed by atoms with van der Waals surface area (Å²) in [6.07, 6.45) is 0.883. The number of non-ortho nitro benzene ring substituents is 1. The Morgan fingerprint density at radius 2 is 1.61 bits per heavy atom. The minimum absolute atomic E-state index is 0.0874. The lowest BCUT2D eigenvalue weighted by Gasteiger charge is -2.33. The number of hydrogen-bond donors (Lipinski definition) is 1. The first-order chi connectivity index (χ1) is 19.5. The molecule has 0 aliphatic heterocycles. The van der Waals surface area contributed by atoms with Crippen molar-refractivity contribution >= 4 is 56.4 Å². The van der Waals surface area contributed by atoms with Gasteiger partial charge in [0.1, 0.15) is 12.6 Å². The molecule has 13 heteroatoms. The quantitative estimate of drug-likeness (QED) is 0.200. The molecule has 0 unspecified atom stereocenters. The number of anilines is 1.